The highest BCUT2D eigenvalue weighted by Gasteiger charge is 2.13. The molecule has 1 aromatic carbocycles. The number of rotatable bonds is 6. The highest BCUT2D eigenvalue weighted by molar-refractivity contribution is 6.08. The number of nitrogens with one attached hydrogen (secondary N) is 4. The van der Waals surface area contributed by atoms with Gasteiger partial charge in [0.1, 0.15) is 23.3 Å². The Labute approximate surface area is 183 Å². The second-order valence-corrected chi connectivity index (χ2v) is 6.67. The van der Waals surface area contributed by atoms with Crippen LogP contribution < -0.4 is 21.3 Å². The van der Waals surface area contributed by atoms with Crippen molar-refractivity contribution in [3.05, 3.63) is 71.8 Å². The third-order valence-electron chi connectivity index (χ3n) is 3.98. The highest BCUT2D eigenvalue weighted by Crippen LogP contribution is 2.14. The summed E-state index contributed by atoms with van der Waals surface area (Å²) in [4.78, 5) is 55.8. The fraction of sp³-hybridized carbons (Fsp3) is 0.0909. The van der Waals surface area contributed by atoms with Gasteiger partial charge in [0.25, 0.3) is 11.8 Å². The molecule has 0 atom stereocenters. The predicted molar refractivity (Wildman–Crippen MR) is 119 cm³/mol. The van der Waals surface area contributed by atoms with Crippen molar-refractivity contribution >= 4 is 46.9 Å². The fourth-order valence-electron chi connectivity index (χ4n) is 2.69. The van der Waals surface area contributed by atoms with E-state index in [1.807, 2.05) is 0 Å². The van der Waals surface area contributed by atoms with Crippen molar-refractivity contribution in [3.63, 3.8) is 0 Å². The number of hydrogen-bond donors (Lipinski definition) is 4. The van der Waals surface area contributed by atoms with Crippen LogP contribution in [0.15, 0.2) is 60.7 Å². The summed E-state index contributed by atoms with van der Waals surface area (Å²) in [7, 11) is 0. The largest absolute Gasteiger partial charge is 0.311 e. The van der Waals surface area contributed by atoms with Crippen LogP contribution in [0.3, 0.4) is 0 Å². The van der Waals surface area contributed by atoms with Gasteiger partial charge in [-0.25, -0.2) is 9.97 Å². The first-order valence-corrected chi connectivity index (χ1v) is 9.52. The zero-order valence-corrected chi connectivity index (χ0v) is 17.3. The molecule has 0 saturated heterocycles. The second kappa shape index (κ2) is 9.94. The summed E-state index contributed by atoms with van der Waals surface area (Å²) in [5, 5.41) is 10.3. The Bertz CT molecular complexity index is 1110. The van der Waals surface area contributed by atoms with Gasteiger partial charge < -0.3 is 21.3 Å². The van der Waals surface area contributed by atoms with E-state index in [1.54, 1.807) is 54.6 Å². The lowest BCUT2D eigenvalue weighted by atomic mass is 10.1. The number of carbonyl (C=O) groups is 4. The van der Waals surface area contributed by atoms with E-state index >= 15 is 0 Å². The zero-order chi connectivity index (χ0) is 23.1. The number of aromatic nitrogens is 2. The average molecular weight is 432 g/mol. The van der Waals surface area contributed by atoms with Gasteiger partial charge in [0.2, 0.25) is 11.8 Å². The molecule has 3 rings (SSSR count). The molecule has 10 heteroatoms. The number of benzene rings is 1. The molecular weight excluding hydrogens is 412 g/mol. The second-order valence-electron chi connectivity index (χ2n) is 6.67. The minimum Gasteiger partial charge on any atom is -0.311 e. The molecule has 2 heterocycles. The quantitative estimate of drug-likeness (QED) is 0.472. The standard InChI is InChI=1S/C22H20N6O4/c1-13(29)23-17-8-4-10-19(25-17)27-21(31)15-6-3-7-16(12-15)22(32)28-20-11-5-9-18(26-20)24-14(2)30/h3-12H,1-2H3,(H2,23,25,27,29,31)(H2,24,26,28,30,32). The summed E-state index contributed by atoms with van der Waals surface area (Å²) in [5.74, 6) is -0.413. The maximum Gasteiger partial charge on any atom is 0.256 e. The number of pyridine rings is 2. The molecule has 32 heavy (non-hydrogen) atoms. The van der Waals surface area contributed by atoms with E-state index in [4.69, 9.17) is 0 Å². The van der Waals surface area contributed by atoms with Gasteiger partial charge >= 0.3 is 0 Å². The normalized spacial score (nSPS) is 10.1. The maximum absolute atomic E-state index is 12.6. The highest BCUT2D eigenvalue weighted by atomic mass is 16.2. The molecule has 0 radical (unpaired) electrons. The van der Waals surface area contributed by atoms with Gasteiger partial charge in [-0.1, -0.05) is 18.2 Å². The molecule has 2 aromatic heterocycles. The molecule has 162 valence electrons. The first-order chi connectivity index (χ1) is 15.3. The van der Waals surface area contributed by atoms with E-state index in [2.05, 4.69) is 31.2 Å². The molecule has 4 amide bonds. The minimum atomic E-state index is -0.474. The number of carbonyl (C=O) groups excluding carboxylic acids is 4. The third kappa shape index (κ3) is 6.20. The summed E-state index contributed by atoms with van der Waals surface area (Å²) in [6, 6.07) is 15.7. The lowest BCUT2D eigenvalue weighted by Crippen LogP contribution is -2.17. The number of nitrogens with zero attached hydrogens (tertiary/aromatic N) is 2. The molecule has 10 nitrogen and oxygen atoms in total. The molecular formula is C22H20N6O4. The van der Waals surface area contributed by atoms with Gasteiger partial charge in [0.05, 0.1) is 0 Å². The number of amides is 4. The monoisotopic (exact) mass is 432 g/mol. The predicted octanol–water partition coefficient (Wildman–Crippen LogP) is 2.90. The van der Waals surface area contributed by atoms with Crippen LogP contribution in [0.2, 0.25) is 0 Å². The molecule has 0 fully saturated rings. The maximum atomic E-state index is 12.6. The Morgan fingerprint density at radius 3 is 1.28 bits per heavy atom. The van der Waals surface area contributed by atoms with Crippen LogP contribution in [0.1, 0.15) is 34.6 Å². The fourth-order valence-corrected chi connectivity index (χ4v) is 2.69. The number of anilines is 4. The van der Waals surface area contributed by atoms with E-state index in [-0.39, 0.29) is 34.6 Å². The first kappa shape index (κ1) is 22.1. The van der Waals surface area contributed by atoms with Gasteiger partial charge in [-0.05, 0) is 42.5 Å². The van der Waals surface area contributed by atoms with Crippen molar-refractivity contribution in [1.82, 2.24) is 9.97 Å². The Morgan fingerprint density at radius 2 is 0.906 bits per heavy atom. The van der Waals surface area contributed by atoms with Crippen molar-refractivity contribution in [1.29, 1.82) is 0 Å². The van der Waals surface area contributed by atoms with Gasteiger partial charge in [-0.2, -0.15) is 0 Å². The molecule has 0 spiro atoms. The third-order valence-corrected chi connectivity index (χ3v) is 3.98. The Morgan fingerprint density at radius 1 is 0.562 bits per heavy atom. The van der Waals surface area contributed by atoms with Gasteiger partial charge in [-0.15, -0.1) is 0 Å². The first-order valence-electron chi connectivity index (χ1n) is 9.52. The Kier molecular flexibility index (Phi) is 6.86. The van der Waals surface area contributed by atoms with Crippen molar-refractivity contribution in [2.75, 3.05) is 21.3 Å². The van der Waals surface area contributed by atoms with Crippen LogP contribution >= 0.6 is 0 Å². The van der Waals surface area contributed by atoms with Crippen LogP contribution in [0.5, 0.6) is 0 Å². The van der Waals surface area contributed by atoms with Crippen molar-refractivity contribution in [2.24, 2.45) is 0 Å². The molecule has 0 unspecified atom stereocenters. The van der Waals surface area contributed by atoms with Crippen LogP contribution in [-0.4, -0.2) is 33.6 Å². The SMILES string of the molecule is CC(=O)Nc1cccc(NC(=O)c2cccc(C(=O)Nc3cccc(NC(C)=O)n3)c2)n1. The molecule has 0 aliphatic rings. The molecule has 3 aromatic rings. The summed E-state index contributed by atoms with van der Waals surface area (Å²) in [6.07, 6.45) is 0. The molecule has 0 bridgehead atoms. The van der Waals surface area contributed by atoms with Crippen LogP contribution in [0.4, 0.5) is 23.3 Å². The smallest absolute Gasteiger partial charge is 0.256 e. The summed E-state index contributed by atoms with van der Waals surface area (Å²) >= 11 is 0. The van der Waals surface area contributed by atoms with Crippen LogP contribution in [-0.2, 0) is 9.59 Å². The molecule has 0 aliphatic carbocycles. The van der Waals surface area contributed by atoms with E-state index in [9.17, 15) is 19.2 Å². The average Bonchev–Trinajstić information content (AvgIpc) is 2.73. The molecule has 0 aliphatic heterocycles. The van der Waals surface area contributed by atoms with E-state index in [0.717, 1.165) is 0 Å². The van der Waals surface area contributed by atoms with Gasteiger partial charge in [0, 0.05) is 25.0 Å². The Balaban J connectivity index is 1.71. The summed E-state index contributed by atoms with van der Waals surface area (Å²) in [6.45, 7) is 2.71. The van der Waals surface area contributed by atoms with Gasteiger partial charge in [-0.3, -0.25) is 19.2 Å². The minimum absolute atomic E-state index is 0.240. The van der Waals surface area contributed by atoms with Gasteiger partial charge in [0.15, 0.2) is 0 Å². The van der Waals surface area contributed by atoms with E-state index in [1.165, 1.54) is 19.9 Å². The topological polar surface area (TPSA) is 142 Å². The Hall–Kier alpha value is -4.60. The molecule has 0 saturated carbocycles. The van der Waals surface area contributed by atoms with Crippen molar-refractivity contribution < 1.29 is 19.2 Å². The molecule has 4 N–H and O–H groups in total. The van der Waals surface area contributed by atoms with Crippen molar-refractivity contribution in [2.45, 2.75) is 13.8 Å². The van der Waals surface area contributed by atoms with E-state index in [0.29, 0.717) is 11.6 Å². The lowest BCUT2D eigenvalue weighted by Gasteiger charge is -2.09. The van der Waals surface area contributed by atoms with Crippen molar-refractivity contribution in [3.8, 4) is 0 Å². The lowest BCUT2D eigenvalue weighted by molar-refractivity contribution is -0.115. The summed E-state index contributed by atoms with van der Waals surface area (Å²) < 4.78 is 0. The zero-order valence-electron chi connectivity index (χ0n) is 17.3. The number of hydrogen-bond acceptors (Lipinski definition) is 6. The van der Waals surface area contributed by atoms with Crippen LogP contribution in [0, 0.1) is 0 Å². The summed E-state index contributed by atoms with van der Waals surface area (Å²) in [5.41, 5.74) is 0.480. The van der Waals surface area contributed by atoms with E-state index < -0.39 is 11.8 Å². The van der Waals surface area contributed by atoms with Crippen LogP contribution in [0.25, 0.3) is 0 Å².